The van der Waals surface area contributed by atoms with Crippen molar-refractivity contribution in [1.29, 1.82) is 0 Å². The number of benzene rings is 1. The van der Waals surface area contributed by atoms with E-state index in [-0.39, 0.29) is 11.5 Å². The summed E-state index contributed by atoms with van der Waals surface area (Å²) in [5.41, 5.74) is 0.388. The van der Waals surface area contributed by atoms with Gasteiger partial charge in [0.2, 0.25) is 0 Å². The van der Waals surface area contributed by atoms with Crippen molar-refractivity contribution in [3.8, 4) is 5.75 Å². The van der Waals surface area contributed by atoms with Crippen molar-refractivity contribution in [1.82, 2.24) is 0 Å². The van der Waals surface area contributed by atoms with Gasteiger partial charge in [0.15, 0.2) is 9.84 Å². The molecule has 0 aromatic heterocycles. The van der Waals surface area contributed by atoms with E-state index in [1.807, 2.05) is 0 Å². The Balaban J connectivity index is 2.03. The molecule has 0 saturated carbocycles. The molecule has 2 unspecified atom stereocenters. The van der Waals surface area contributed by atoms with E-state index in [4.69, 9.17) is 9.47 Å². The highest BCUT2D eigenvalue weighted by molar-refractivity contribution is 7.91. The van der Waals surface area contributed by atoms with Gasteiger partial charge in [0.05, 0.1) is 23.7 Å². The average molecular weight is 300 g/mol. The second kappa shape index (κ2) is 5.80. The molecule has 1 aliphatic rings. The van der Waals surface area contributed by atoms with Crippen LogP contribution in [-0.2, 0) is 14.6 Å². The lowest BCUT2D eigenvalue weighted by Crippen LogP contribution is -2.29. The van der Waals surface area contributed by atoms with Gasteiger partial charge in [-0.05, 0) is 31.2 Å². The van der Waals surface area contributed by atoms with Crippen molar-refractivity contribution in [2.45, 2.75) is 19.1 Å². The molecule has 110 valence electrons. The first kappa shape index (κ1) is 14.8. The molecule has 6 nitrogen and oxygen atoms in total. The number of rotatable bonds is 4. The zero-order valence-electron chi connectivity index (χ0n) is 11.0. The number of ether oxygens (including phenoxy) is 2. The Morgan fingerprint density at radius 3 is 2.45 bits per heavy atom. The van der Waals surface area contributed by atoms with E-state index in [9.17, 15) is 18.3 Å². The van der Waals surface area contributed by atoms with Crippen molar-refractivity contribution >= 4 is 15.8 Å². The Hall–Kier alpha value is -1.60. The first-order valence-corrected chi connectivity index (χ1v) is 8.06. The normalized spacial score (nSPS) is 24.3. The third-order valence-corrected chi connectivity index (χ3v) is 4.61. The largest absolute Gasteiger partial charge is 0.487 e. The van der Waals surface area contributed by atoms with E-state index in [1.165, 1.54) is 12.1 Å². The lowest BCUT2D eigenvalue weighted by molar-refractivity contribution is 0.0525. The van der Waals surface area contributed by atoms with Crippen LogP contribution in [0.4, 0.5) is 0 Å². The van der Waals surface area contributed by atoms with E-state index in [0.29, 0.717) is 17.9 Å². The summed E-state index contributed by atoms with van der Waals surface area (Å²) in [6.07, 6.45) is -1.79. The highest BCUT2D eigenvalue weighted by Gasteiger charge is 2.38. The van der Waals surface area contributed by atoms with Crippen LogP contribution in [0.15, 0.2) is 24.3 Å². The van der Waals surface area contributed by atoms with Gasteiger partial charge in [-0.2, -0.15) is 0 Å². The molecule has 2 rings (SSSR count). The maximum Gasteiger partial charge on any atom is 0.338 e. The van der Waals surface area contributed by atoms with Crippen LogP contribution < -0.4 is 4.74 Å². The average Bonchev–Trinajstić information content (AvgIpc) is 2.63. The van der Waals surface area contributed by atoms with Crippen LogP contribution in [0.5, 0.6) is 5.75 Å². The van der Waals surface area contributed by atoms with Crippen LogP contribution >= 0.6 is 0 Å². The monoisotopic (exact) mass is 300 g/mol. The highest BCUT2D eigenvalue weighted by Crippen LogP contribution is 2.21. The molecular formula is C13H16O6S. The number of hydrogen-bond acceptors (Lipinski definition) is 6. The molecular weight excluding hydrogens is 284 g/mol. The van der Waals surface area contributed by atoms with Crippen molar-refractivity contribution in [3.05, 3.63) is 29.8 Å². The van der Waals surface area contributed by atoms with E-state index in [1.54, 1.807) is 19.1 Å². The summed E-state index contributed by atoms with van der Waals surface area (Å²) in [5, 5.41) is 9.62. The molecule has 0 bridgehead atoms. The molecule has 2 atom stereocenters. The number of aliphatic hydroxyl groups is 1. The number of carbonyl (C=O) groups excluding carboxylic acids is 1. The van der Waals surface area contributed by atoms with Crippen molar-refractivity contribution in [3.63, 3.8) is 0 Å². The van der Waals surface area contributed by atoms with Gasteiger partial charge < -0.3 is 14.6 Å². The summed E-state index contributed by atoms with van der Waals surface area (Å²) in [4.78, 5) is 11.5. The maximum atomic E-state index is 11.5. The highest BCUT2D eigenvalue weighted by atomic mass is 32.2. The van der Waals surface area contributed by atoms with Crippen LogP contribution in [0.3, 0.4) is 0 Å². The Morgan fingerprint density at radius 1 is 1.30 bits per heavy atom. The second-order valence-electron chi connectivity index (χ2n) is 4.55. The zero-order chi connectivity index (χ0) is 14.8. The van der Waals surface area contributed by atoms with Gasteiger partial charge in [-0.25, -0.2) is 13.2 Å². The molecule has 1 saturated heterocycles. The molecule has 20 heavy (non-hydrogen) atoms. The van der Waals surface area contributed by atoms with Crippen LogP contribution in [0.1, 0.15) is 17.3 Å². The number of sulfone groups is 1. The summed E-state index contributed by atoms with van der Waals surface area (Å²) in [6, 6.07) is 6.15. The van der Waals surface area contributed by atoms with Gasteiger partial charge >= 0.3 is 5.97 Å². The minimum atomic E-state index is -3.24. The minimum Gasteiger partial charge on any atom is -0.487 e. The van der Waals surface area contributed by atoms with E-state index < -0.39 is 28.0 Å². The van der Waals surface area contributed by atoms with Crippen LogP contribution in [0.2, 0.25) is 0 Å². The van der Waals surface area contributed by atoms with Crippen LogP contribution in [0, 0.1) is 0 Å². The predicted molar refractivity (Wildman–Crippen MR) is 71.5 cm³/mol. The molecule has 0 aliphatic carbocycles. The topological polar surface area (TPSA) is 89.9 Å². The lowest BCUT2D eigenvalue weighted by atomic mass is 10.2. The molecule has 0 amide bonds. The van der Waals surface area contributed by atoms with Crippen molar-refractivity contribution in [2.24, 2.45) is 0 Å². The first-order valence-electron chi connectivity index (χ1n) is 6.23. The smallest absolute Gasteiger partial charge is 0.338 e. The number of hydrogen-bond donors (Lipinski definition) is 1. The number of esters is 1. The Morgan fingerprint density at radius 2 is 1.95 bits per heavy atom. The number of aliphatic hydroxyl groups excluding tert-OH is 1. The Labute approximate surface area is 117 Å². The van der Waals surface area contributed by atoms with E-state index in [2.05, 4.69) is 0 Å². The summed E-state index contributed by atoms with van der Waals surface area (Å²) < 4.78 is 33.0. The predicted octanol–water partition coefficient (Wildman–Crippen LogP) is 0.400. The molecule has 1 aliphatic heterocycles. The summed E-state index contributed by atoms with van der Waals surface area (Å²) >= 11 is 0. The molecule has 1 aromatic rings. The fraction of sp³-hybridized carbons (Fsp3) is 0.462. The quantitative estimate of drug-likeness (QED) is 0.810. The summed E-state index contributed by atoms with van der Waals surface area (Å²) in [6.45, 7) is 2.01. The first-order chi connectivity index (χ1) is 9.41. The van der Waals surface area contributed by atoms with Gasteiger partial charge in [-0.15, -0.1) is 0 Å². The van der Waals surface area contributed by atoms with Gasteiger partial charge in [-0.3, -0.25) is 0 Å². The summed E-state index contributed by atoms with van der Waals surface area (Å²) in [7, 11) is -3.24. The van der Waals surface area contributed by atoms with Gasteiger partial charge in [0.1, 0.15) is 18.0 Å². The van der Waals surface area contributed by atoms with Crippen molar-refractivity contribution < 1.29 is 27.8 Å². The maximum absolute atomic E-state index is 11.5. The molecule has 1 heterocycles. The fourth-order valence-corrected chi connectivity index (χ4v) is 3.63. The van der Waals surface area contributed by atoms with Crippen LogP contribution in [-0.4, -0.2) is 49.8 Å². The zero-order valence-corrected chi connectivity index (χ0v) is 11.8. The van der Waals surface area contributed by atoms with Gasteiger partial charge in [0, 0.05) is 0 Å². The summed E-state index contributed by atoms with van der Waals surface area (Å²) in [5.74, 6) is -0.506. The molecule has 7 heteroatoms. The standard InChI is InChI=1S/C13H16O6S/c1-2-18-13(15)9-3-5-10(6-4-9)19-12-8-20(16,17)7-11(12)14/h3-6,11-12,14H,2,7-8H2,1H3. The second-order valence-corrected chi connectivity index (χ2v) is 6.70. The number of carbonyl (C=O) groups is 1. The van der Waals surface area contributed by atoms with Gasteiger partial charge in [0.25, 0.3) is 0 Å². The SMILES string of the molecule is CCOC(=O)c1ccc(OC2CS(=O)(=O)CC2O)cc1. The Kier molecular flexibility index (Phi) is 4.29. The molecule has 0 spiro atoms. The van der Waals surface area contributed by atoms with E-state index in [0.717, 1.165) is 0 Å². The molecule has 1 fully saturated rings. The third kappa shape index (κ3) is 3.49. The fourth-order valence-electron chi connectivity index (χ4n) is 1.97. The minimum absolute atomic E-state index is 0.201. The van der Waals surface area contributed by atoms with Gasteiger partial charge in [-0.1, -0.05) is 0 Å². The lowest BCUT2D eigenvalue weighted by Gasteiger charge is -2.15. The Bertz CT molecular complexity index is 577. The van der Waals surface area contributed by atoms with E-state index >= 15 is 0 Å². The third-order valence-electron chi connectivity index (χ3n) is 2.92. The van der Waals surface area contributed by atoms with Crippen molar-refractivity contribution in [2.75, 3.05) is 18.1 Å². The molecule has 0 radical (unpaired) electrons. The molecule has 1 aromatic carbocycles. The van der Waals surface area contributed by atoms with Crippen LogP contribution in [0.25, 0.3) is 0 Å². The molecule has 1 N–H and O–H groups in total.